The smallest absolute Gasteiger partial charge is 0.334 e. The minimum Gasteiger partial charge on any atom is -0.497 e. The zero-order chi connectivity index (χ0) is 17.1. The second-order valence-corrected chi connectivity index (χ2v) is 5.64. The molecule has 0 spiro atoms. The average molecular weight is 318 g/mol. The summed E-state index contributed by atoms with van der Waals surface area (Å²) in [5, 5.41) is 0. The largest absolute Gasteiger partial charge is 0.497 e. The summed E-state index contributed by atoms with van der Waals surface area (Å²) in [6.45, 7) is 3.35. The number of ketones is 1. The number of ether oxygens (including phenoxy) is 1. The van der Waals surface area contributed by atoms with Crippen molar-refractivity contribution in [2.45, 2.75) is 13.8 Å². The maximum Gasteiger partial charge on any atom is 0.334 e. The number of urea groups is 1. The zero-order valence-corrected chi connectivity index (χ0v) is 13.2. The van der Waals surface area contributed by atoms with E-state index in [9.17, 15) is 19.2 Å². The van der Waals surface area contributed by atoms with E-state index in [0.29, 0.717) is 16.2 Å². The lowest BCUT2D eigenvalue weighted by molar-refractivity contribution is -0.143. The van der Waals surface area contributed by atoms with Crippen molar-refractivity contribution in [3.63, 3.8) is 0 Å². The zero-order valence-electron chi connectivity index (χ0n) is 13.2. The van der Waals surface area contributed by atoms with Gasteiger partial charge >= 0.3 is 17.8 Å². The van der Waals surface area contributed by atoms with Gasteiger partial charge in [-0.25, -0.2) is 9.69 Å². The Morgan fingerprint density at radius 3 is 2.13 bits per heavy atom. The van der Waals surface area contributed by atoms with E-state index < -0.39 is 30.2 Å². The van der Waals surface area contributed by atoms with E-state index in [-0.39, 0.29) is 12.5 Å². The van der Waals surface area contributed by atoms with Crippen LogP contribution in [0.2, 0.25) is 0 Å². The summed E-state index contributed by atoms with van der Waals surface area (Å²) < 4.78 is 5.00. The van der Waals surface area contributed by atoms with Gasteiger partial charge in [-0.1, -0.05) is 13.8 Å². The predicted molar refractivity (Wildman–Crippen MR) is 81.0 cm³/mol. The quantitative estimate of drug-likeness (QED) is 0.449. The van der Waals surface area contributed by atoms with Crippen LogP contribution in [-0.2, 0) is 9.59 Å². The highest BCUT2D eigenvalue weighted by atomic mass is 16.5. The highest BCUT2D eigenvalue weighted by molar-refractivity contribution is 6.45. The van der Waals surface area contributed by atoms with Crippen LogP contribution in [-0.4, -0.2) is 53.6 Å². The molecule has 1 fully saturated rings. The fourth-order valence-electron chi connectivity index (χ4n) is 2.23. The fourth-order valence-corrected chi connectivity index (χ4v) is 2.23. The Morgan fingerprint density at radius 1 is 1.04 bits per heavy atom. The highest BCUT2D eigenvalue weighted by Gasteiger charge is 2.45. The van der Waals surface area contributed by atoms with Crippen LogP contribution in [0.1, 0.15) is 24.2 Å². The van der Waals surface area contributed by atoms with Crippen LogP contribution in [0.3, 0.4) is 0 Å². The molecular formula is C16H18N2O5. The molecule has 1 heterocycles. The minimum absolute atomic E-state index is 0.0351. The highest BCUT2D eigenvalue weighted by Crippen LogP contribution is 2.16. The van der Waals surface area contributed by atoms with Crippen molar-refractivity contribution in [1.82, 2.24) is 9.80 Å². The Bertz CT molecular complexity index is 651. The van der Waals surface area contributed by atoms with Gasteiger partial charge in [-0.2, -0.15) is 0 Å². The van der Waals surface area contributed by atoms with Gasteiger partial charge in [-0.3, -0.25) is 19.3 Å². The molecule has 1 aromatic rings. The molecule has 0 saturated carbocycles. The number of imide groups is 2. The Balaban J connectivity index is 2.12. The third kappa shape index (κ3) is 3.39. The molecule has 4 amide bonds. The number of hydrogen-bond acceptors (Lipinski definition) is 5. The first-order chi connectivity index (χ1) is 10.8. The molecule has 122 valence electrons. The Morgan fingerprint density at radius 2 is 1.61 bits per heavy atom. The van der Waals surface area contributed by atoms with E-state index in [1.165, 1.54) is 7.11 Å². The number of Topliss-reactive ketones (excluding diaryl/α,β-unsaturated/α-hetero) is 1. The lowest BCUT2D eigenvalue weighted by Crippen LogP contribution is -2.38. The molecule has 1 aliphatic heterocycles. The second kappa shape index (κ2) is 6.60. The molecule has 1 aliphatic rings. The molecule has 23 heavy (non-hydrogen) atoms. The van der Waals surface area contributed by atoms with Crippen LogP contribution in [0.25, 0.3) is 0 Å². The third-order valence-electron chi connectivity index (χ3n) is 3.40. The van der Waals surface area contributed by atoms with Crippen molar-refractivity contribution in [2.75, 3.05) is 20.2 Å². The number of hydrogen-bond donors (Lipinski definition) is 0. The molecule has 0 atom stereocenters. The van der Waals surface area contributed by atoms with Gasteiger partial charge in [-0.05, 0) is 30.2 Å². The summed E-state index contributed by atoms with van der Waals surface area (Å²) in [5.74, 6) is -1.64. The van der Waals surface area contributed by atoms with Crippen LogP contribution in [0, 0.1) is 5.92 Å². The molecule has 1 saturated heterocycles. The van der Waals surface area contributed by atoms with Crippen LogP contribution < -0.4 is 4.74 Å². The van der Waals surface area contributed by atoms with E-state index in [4.69, 9.17) is 4.74 Å². The summed E-state index contributed by atoms with van der Waals surface area (Å²) in [6, 6.07) is 5.56. The molecule has 7 heteroatoms. The summed E-state index contributed by atoms with van der Waals surface area (Å²) in [6.07, 6.45) is 0. The van der Waals surface area contributed by atoms with Crippen molar-refractivity contribution >= 4 is 23.6 Å². The Hall–Kier alpha value is -2.70. The molecule has 2 rings (SSSR count). The van der Waals surface area contributed by atoms with Gasteiger partial charge in [0.1, 0.15) is 5.75 Å². The maximum absolute atomic E-state index is 12.2. The Labute approximate surface area is 133 Å². The van der Waals surface area contributed by atoms with Gasteiger partial charge in [0.15, 0.2) is 5.78 Å². The first-order valence-electron chi connectivity index (χ1n) is 7.19. The number of benzene rings is 1. The average Bonchev–Trinajstić information content (AvgIpc) is 2.72. The molecule has 0 aromatic heterocycles. The van der Waals surface area contributed by atoms with Crippen molar-refractivity contribution in [2.24, 2.45) is 5.92 Å². The molecule has 1 aromatic carbocycles. The maximum atomic E-state index is 12.2. The van der Waals surface area contributed by atoms with Crippen molar-refractivity contribution in [3.8, 4) is 5.75 Å². The second-order valence-electron chi connectivity index (χ2n) is 5.64. The summed E-state index contributed by atoms with van der Waals surface area (Å²) in [7, 11) is 1.51. The minimum atomic E-state index is -0.961. The van der Waals surface area contributed by atoms with Gasteiger partial charge in [0.25, 0.3) is 0 Å². The number of methoxy groups -OCH3 is 1. The lowest BCUT2D eigenvalue weighted by Gasteiger charge is -2.16. The van der Waals surface area contributed by atoms with Gasteiger partial charge in [0, 0.05) is 12.1 Å². The third-order valence-corrected chi connectivity index (χ3v) is 3.40. The van der Waals surface area contributed by atoms with Gasteiger partial charge in [0.05, 0.1) is 13.7 Å². The van der Waals surface area contributed by atoms with Gasteiger partial charge in [-0.15, -0.1) is 0 Å². The first kappa shape index (κ1) is 16.7. The molecule has 0 aliphatic carbocycles. The molecular weight excluding hydrogens is 300 g/mol. The van der Waals surface area contributed by atoms with Gasteiger partial charge < -0.3 is 4.74 Å². The first-order valence-corrected chi connectivity index (χ1v) is 7.19. The van der Waals surface area contributed by atoms with Crippen LogP contribution >= 0.6 is 0 Å². The topological polar surface area (TPSA) is 84.0 Å². The summed E-state index contributed by atoms with van der Waals surface area (Å²) in [5.41, 5.74) is 0.334. The van der Waals surface area contributed by atoms with Crippen LogP contribution in [0.15, 0.2) is 24.3 Å². The molecule has 7 nitrogen and oxygen atoms in total. The number of amides is 4. The van der Waals surface area contributed by atoms with E-state index in [2.05, 4.69) is 0 Å². The molecule has 0 bridgehead atoms. The van der Waals surface area contributed by atoms with Crippen LogP contribution in [0.5, 0.6) is 5.75 Å². The molecule has 0 radical (unpaired) electrons. The van der Waals surface area contributed by atoms with E-state index in [0.717, 1.165) is 4.90 Å². The number of carbonyl (C=O) groups is 4. The van der Waals surface area contributed by atoms with E-state index >= 15 is 0 Å². The normalized spacial score (nSPS) is 14.9. The van der Waals surface area contributed by atoms with Crippen molar-refractivity contribution in [3.05, 3.63) is 29.8 Å². The van der Waals surface area contributed by atoms with E-state index in [1.54, 1.807) is 24.3 Å². The number of nitrogens with zero attached hydrogens (tertiary/aromatic N) is 2. The predicted octanol–water partition coefficient (Wildman–Crippen LogP) is 1.32. The Kier molecular flexibility index (Phi) is 4.78. The summed E-state index contributed by atoms with van der Waals surface area (Å²) in [4.78, 5) is 49.7. The number of rotatable bonds is 6. The van der Waals surface area contributed by atoms with Crippen molar-refractivity contribution < 1.29 is 23.9 Å². The molecule has 0 unspecified atom stereocenters. The van der Waals surface area contributed by atoms with Gasteiger partial charge in [0.2, 0.25) is 0 Å². The molecule has 0 N–H and O–H groups in total. The SMILES string of the molecule is COc1ccc(C(=O)CN2C(=O)C(=O)N(CC(C)C)C2=O)cc1. The van der Waals surface area contributed by atoms with E-state index in [1.807, 2.05) is 13.8 Å². The fraction of sp³-hybridized carbons (Fsp3) is 0.375. The monoisotopic (exact) mass is 318 g/mol. The standard InChI is InChI=1S/C16H18N2O5/c1-10(2)8-17-14(20)15(21)18(16(17)22)9-13(19)11-4-6-12(23-3)7-5-11/h4-7,10H,8-9H2,1-3H3. The van der Waals surface area contributed by atoms with Crippen molar-refractivity contribution in [1.29, 1.82) is 0 Å². The lowest BCUT2D eigenvalue weighted by atomic mass is 10.1. The van der Waals surface area contributed by atoms with Crippen LogP contribution in [0.4, 0.5) is 4.79 Å². The number of carbonyl (C=O) groups excluding carboxylic acids is 4. The summed E-state index contributed by atoms with van der Waals surface area (Å²) >= 11 is 0.